The van der Waals surface area contributed by atoms with Crippen molar-refractivity contribution >= 4 is 5.65 Å². The summed E-state index contributed by atoms with van der Waals surface area (Å²) in [6.07, 6.45) is 10.3. The first-order valence-electron chi connectivity index (χ1n) is 7.52. The average molecular weight is 281 g/mol. The second-order valence-electron chi connectivity index (χ2n) is 5.71. The Kier molecular flexibility index (Phi) is 3.20. The van der Waals surface area contributed by atoms with Crippen LogP contribution in [0.3, 0.4) is 0 Å². The Balaban J connectivity index is 1.36. The van der Waals surface area contributed by atoms with Crippen LogP contribution >= 0.6 is 0 Å². The molecule has 0 spiro atoms. The predicted octanol–water partition coefficient (Wildman–Crippen LogP) is 1.88. The van der Waals surface area contributed by atoms with Gasteiger partial charge in [-0.15, -0.1) is 0 Å². The summed E-state index contributed by atoms with van der Waals surface area (Å²) >= 11 is 0. The van der Waals surface area contributed by atoms with E-state index in [-0.39, 0.29) is 0 Å². The van der Waals surface area contributed by atoms with Crippen LogP contribution in [-0.2, 0) is 19.5 Å². The third-order valence-corrected chi connectivity index (χ3v) is 4.27. The van der Waals surface area contributed by atoms with Crippen LogP contribution in [0.1, 0.15) is 17.9 Å². The van der Waals surface area contributed by atoms with Crippen LogP contribution < -0.4 is 5.32 Å². The van der Waals surface area contributed by atoms with Gasteiger partial charge in [-0.25, -0.2) is 9.97 Å². The zero-order chi connectivity index (χ0) is 14.1. The minimum atomic E-state index is 0.686. The van der Waals surface area contributed by atoms with E-state index in [0.29, 0.717) is 5.92 Å². The summed E-state index contributed by atoms with van der Waals surface area (Å²) in [5.41, 5.74) is 2.22. The summed E-state index contributed by atoms with van der Waals surface area (Å²) in [6, 6.07) is 6.09. The lowest BCUT2D eigenvalue weighted by Crippen LogP contribution is -2.30. The van der Waals surface area contributed by atoms with Gasteiger partial charge in [-0.3, -0.25) is 0 Å². The standard InChI is InChI=1S/C16H19N5/c1-2-7-21-14(11-19-16(21)3-1)10-17-9-13-4-5-15-18-6-8-20(15)12-13/h1-3,6-8,11,13,17H,4-5,9-10,12H2/t13-/m0/s1. The van der Waals surface area contributed by atoms with Crippen molar-refractivity contribution < 1.29 is 0 Å². The molecule has 0 aromatic carbocycles. The van der Waals surface area contributed by atoms with Crippen LogP contribution in [0.25, 0.3) is 5.65 Å². The maximum atomic E-state index is 4.42. The van der Waals surface area contributed by atoms with Gasteiger partial charge in [-0.1, -0.05) is 6.07 Å². The van der Waals surface area contributed by atoms with E-state index < -0.39 is 0 Å². The molecule has 0 amide bonds. The van der Waals surface area contributed by atoms with E-state index in [1.54, 1.807) is 0 Å². The van der Waals surface area contributed by atoms with Gasteiger partial charge in [0.1, 0.15) is 11.5 Å². The quantitative estimate of drug-likeness (QED) is 0.794. The third-order valence-electron chi connectivity index (χ3n) is 4.27. The molecular weight excluding hydrogens is 262 g/mol. The predicted molar refractivity (Wildman–Crippen MR) is 80.9 cm³/mol. The molecule has 0 aliphatic carbocycles. The molecule has 1 N–H and O–H groups in total. The van der Waals surface area contributed by atoms with Crippen molar-refractivity contribution in [1.82, 2.24) is 24.3 Å². The summed E-state index contributed by atoms with van der Waals surface area (Å²) in [5.74, 6) is 1.92. The lowest BCUT2D eigenvalue weighted by Gasteiger charge is -2.24. The van der Waals surface area contributed by atoms with Gasteiger partial charge in [0.15, 0.2) is 0 Å². The Hall–Kier alpha value is -2.14. The Morgan fingerprint density at radius 2 is 2.24 bits per heavy atom. The van der Waals surface area contributed by atoms with E-state index in [2.05, 4.69) is 36.6 Å². The molecule has 4 rings (SSSR count). The zero-order valence-electron chi connectivity index (χ0n) is 11.9. The highest BCUT2D eigenvalue weighted by atomic mass is 15.1. The fourth-order valence-electron chi connectivity index (χ4n) is 3.12. The molecule has 0 bridgehead atoms. The second kappa shape index (κ2) is 5.33. The van der Waals surface area contributed by atoms with Crippen LogP contribution in [0.2, 0.25) is 0 Å². The molecule has 5 heteroatoms. The van der Waals surface area contributed by atoms with Gasteiger partial charge < -0.3 is 14.3 Å². The molecule has 0 fully saturated rings. The number of aromatic nitrogens is 4. The topological polar surface area (TPSA) is 47.1 Å². The summed E-state index contributed by atoms with van der Waals surface area (Å²) < 4.78 is 4.42. The van der Waals surface area contributed by atoms with Crippen LogP contribution in [0.5, 0.6) is 0 Å². The highest BCUT2D eigenvalue weighted by Gasteiger charge is 2.18. The molecule has 3 aromatic rings. The molecule has 0 radical (unpaired) electrons. The minimum Gasteiger partial charge on any atom is -0.335 e. The lowest BCUT2D eigenvalue weighted by molar-refractivity contribution is 0.347. The Morgan fingerprint density at radius 3 is 3.24 bits per heavy atom. The largest absolute Gasteiger partial charge is 0.335 e. The molecule has 4 heterocycles. The fourth-order valence-corrected chi connectivity index (χ4v) is 3.12. The normalized spacial score (nSPS) is 18.0. The number of hydrogen-bond acceptors (Lipinski definition) is 3. The number of imidazole rings is 2. The van der Waals surface area contributed by atoms with Crippen molar-refractivity contribution in [2.75, 3.05) is 6.54 Å². The van der Waals surface area contributed by atoms with E-state index in [1.165, 1.54) is 17.9 Å². The molecule has 5 nitrogen and oxygen atoms in total. The monoisotopic (exact) mass is 281 g/mol. The molecule has 1 aliphatic heterocycles. The van der Waals surface area contributed by atoms with E-state index in [9.17, 15) is 0 Å². The third kappa shape index (κ3) is 2.45. The number of nitrogens with one attached hydrogen (secondary N) is 1. The van der Waals surface area contributed by atoms with Crippen molar-refractivity contribution in [3.05, 3.63) is 54.5 Å². The number of rotatable bonds is 4. The minimum absolute atomic E-state index is 0.686. The highest BCUT2D eigenvalue weighted by Crippen LogP contribution is 2.18. The summed E-state index contributed by atoms with van der Waals surface area (Å²) in [5, 5.41) is 3.58. The van der Waals surface area contributed by atoms with Crippen LogP contribution in [0.15, 0.2) is 43.0 Å². The molecule has 3 aromatic heterocycles. The molecule has 0 unspecified atom stereocenters. The van der Waals surface area contributed by atoms with E-state index in [1.807, 2.05) is 30.6 Å². The van der Waals surface area contributed by atoms with Gasteiger partial charge in [0.25, 0.3) is 0 Å². The molecular formula is C16H19N5. The Bertz CT molecular complexity index is 742. The van der Waals surface area contributed by atoms with E-state index >= 15 is 0 Å². The zero-order valence-corrected chi connectivity index (χ0v) is 11.9. The number of fused-ring (bicyclic) bond motifs is 2. The van der Waals surface area contributed by atoms with Crippen LogP contribution in [-0.4, -0.2) is 25.5 Å². The average Bonchev–Trinajstić information content (AvgIpc) is 3.14. The molecule has 1 aliphatic rings. The van der Waals surface area contributed by atoms with Crippen molar-refractivity contribution in [2.45, 2.75) is 25.9 Å². The van der Waals surface area contributed by atoms with Crippen molar-refractivity contribution in [1.29, 1.82) is 0 Å². The van der Waals surface area contributed by atoms with Gasteiger partial charge in [-0.05, 0) is 24.5 Å². The summed E-state index contributed by atoms with van der Waals surface area (Å²) in [6.45, 7) is 2.98. The molecule has 0 saturated carbocycles. The number of aryl methyl sites for hydroxylation is 1. The SMILES string of the molecule is c1ccn2c(CNC[C@@H]3CCc4nccn4C3)cnc2c1. The van der Waals surface area contributed by atoms with Crippen LogP contribution in [0.4, 0.5) is 0 Å². The van der Waals surface area contributed by atoms with Gasteiger partial charge in [-0.2, -0.15) is 0 Å². The maximum absolute atomic E-state index is 4.42. The van der Waals surface area contributed by atoms with Gasteiger partial charge in [0.05, 0.1) is 11.9 Å². The Morgan fingerprint density at radius 1 is 1.24 bits per heavy atom. The molecule has 1 atom stereocenters. The van der Waals surface area contributed by atoms with Crippen molar-refractivity contribution in [3.8, 4) is 0 Å². The smallest absolute Gasteiger partial charge is 0.136 e. The van der Waals surface area contributed by atoms with E-state index in [4.69, 9.17) is 0 Å². The summed E-state index contributed by atoms with van der Waals surface area (Å²) in [7, 11) is 0. The van der Waals surface area contributed by atoms with Crippen LogP contribution in [0, 0.1) is 5.92 Å². The molecule has 108 valence electrons. The summed E-state index contributed by atoms with van der Waals surface area (Å²) in [4.78, 5) is 8.79. The molecule has 21 heavy (non-hydrogen) atoms. The first-order valence-corrected chi connectivity index (χ1v) is 7.52. The van der Waals surface area contributed by atoms with Gasteiger partial charge >= 0.3 is 0 Å². The Labute approximate surface area is 123 Å². The van der Waals surface area contributed by atoms with Gasteiger partial charge in [0.2, 0.25) is 0 Å². The fraction of sp³-hybridized carbons (Fsp3) is 0.375. The number of hydrogen-bond donors (Lipinski definition) is 1. The highest BCUT2D eigenvalue weighted by molar-refractivity contribution is 5.39. The maximum Gasteiger partial charge on any atom is 0.136 e. The van der Waals surface area contributed by atoms with E-state index in [0.717, 1.165) is 31.7 Å². The number of nitrogens with zero attached hydrogens (tertiary/aromatic N) is 4. The molecule has 0 saturated heterocycles. The lowest BCUT2D eigenvalue weighted by atomic mass is 9.99. The second-order valence-corrected chi connectivity index (χ2v) is 5.71. The number of pyridine rings is 1. The van der Waals surface area contributed by atoms with Crippen molar-refractivity contribution in [3.63, 3.8) is 0 Å². The van der Waals surface area contributed by atoms with Gasteiger partial charge in [0, 0.05) is 44.6 Å². The van der Waals surface area contributed by atoms with Crippen molar-refractivity contribution in [2.24, 2.45) is 5.92 Å². The first kappa shape index (κ1) is 12.6. The first-order chi connectivity index (χ1) is 10.4.